The summed E-state index contributed by atoms with van der Waals surface area (Å²) in [7, 11) is 0. The lowest BCUT2D eigenvalue weighted by atomic mass is 9.99. The quantitative estimate of drug-likeness (QED) is 0.847. The van der Waals surface area contributed by atoms with E-state index in [0.717, 1.165) is 25.7 Å². The summed E-state index contributed by atoms with van der Waals surface area (Å²) in [6.45, 7) is 9.52. The Morgan fingerprint density at radius 2 is 1.37 bits per heavy atom. The van der Waals surface area contributed by atoms with E-state index in [1.54, 1.807) is 0 Å². The van der Waals surface area contributed by atoms with Gasteiger partial charge in [-0.15, -0.1) is 0 Å². The van der Waals surface area contributed by atoms with Gasteiger partial charge in [0.25, 0.3) is 0 Å². The molecule has 0 amide bonds. The number of hydrogen-bond acceptors (Lipinski definition) is 2. The lowest BCUT2D eigenvalue weighted by Crippen LogP contribution is -2.20. The molecule has 0 spiro atoms. The average Bonchev–Trinajstić information content (AvgIpc) is 2.38. The topological polar surface area (TPSA) is 40.5 Å². The van der Waals surface area contributed by atoms with Gasteiger partial charge in [-0.25, -0.2) is 0 Å². The maximum Gasteiger partial charge on any atom is 0.0614 e. The van der Waals surface area contributed by atoms with Gasteiger partial charge in [-0.3, -0.25) is 0 Å². The average molecular weight is 266 g/mol. The molecule has 0 heterocycles. The van der Waals surface area contributed by atoms with Crippen molar-refractivity contribution in [2.24, 2.45) is 0 Å². The largest absolute Gasteiger partial charge is 0.390 e. The van der Waals surface area contributed by atoms with E-state index in [9.17, 15) is 5.11 Å². The van der Waals surface area contributed by atoms with E-state index in [0.29, 0.717) is 0 Å². The van der Waals surface area contributed by atoms with E-state index in [1.165, 1.54) is 5.56 Å². The minimum atomic E-state index is -0.546. The normalized spacial score (nSPS) is 11.7. The highest BCUT2D eigenvalue weighted by Crippen LogP contribution is 2.12. The zero-order chi connectivity index (χ0) is 14.9. The molecule has 19 heavy (non-hydrogen) atoms. The summed E-state index contributed by atoms with van der Waals surface area (Å²) >= 11 is 0. The van der Waals surface area contributed by atoms with Crippen LogP contribution in [-0.4, -0.2) is 21.4 Å². The van der Waals surface area contributed by atoms with Crippen molar-refractivity contribution in [1.82, 2.24) is 0 Å². The Kier molecular flexibility index (Phi) is 7.96. The van der Waals surface area contributed by atoms with Crippen molar-refractivity contribution in [2.45, 2.75) is 71.5 Å². The van der Waals surface area contributed by atoms with Gasteiger partial charge in [-0.1, -0.05) is 44.2 Å². The molecule has 0 aliphatic rings. The van der Waals surface area contributed by atoms with E-state index in [4.69, 9.17) is 5.11 Å². The molecule has 0 atom stereocenters. The molecule has 0 aromatic heterocycles. The number of aryl methyl sites for hydroxylation is 1. The first-order valence-corrected chi connectivity index (χ1v) is 7.19. The number of hydrogen-bond donors (Lipinski definition) is 2. The Bertz CT molecular complexity index is 317. The Morgan fingerprint density at radius 1 is 0.895 bits per heavy atom. The predicted octanol–water partition coefficient (Wildman–Crippen LogP) is 3.95. The van der Waals surface area contributed by atoms with E-state index >= 15 is 0 Å². The van der Waals surface area contributed by atoms with Crippen molar-refractivity contribution in [3.05, 3.63) is 35.9 Å². The molecule has 2 heteroatoms. The number of rotatable bonds is 5. The first kappa shape index (κ1) is 18.1. The van der Waals surface area contributed by atoms with Gasteiger partial charge in [0, 0.05) is 0 Å². The molecule has 1 rings (SSSR count). The molecular weight excluding hydrogens is 236 g/mol. The van der Waals surface area contributed by atoms with Crippen molar-refractivity contribution in [2.75, 3.05) is 0 Å². The smallest absolute Gasteiger partial charge is 0.0614 e. The van der Waals surface area contributed by atoms with Crippen molar-refractivity contribution in [1.29, 1.82) is 0 Å². The van der Waals surface area contributed by atoms with Crippen LogP contribution >= 0.6 is 0 Å². The summed E-state index contributed by atoms with van der Waals surface area (Å²) in [6, 6.07) is 10.2. The van der Waals surface area contributed by atoms with Gasteiger partial charge in [-0.05, 0) is 52.0 Å². The van der Waals surface area contributed by atoms with Crippen LogP contribution in [-0.2, 0) is 6.42 Å². The predicted molar refractivity (Wildman–Crippen MR) is 82.3 cm³/mol. The standard InChI is InChI=1S/C11H16O.C6H14O/c1-11(2,12)9-8-10-6-4-3-5-7-10;1-4-6(3,7)5-2/h3-7,12H,8-9H2,1-2H3;7H,4-5H2,1-3H3. The van der Waals surface area contributed by atoms with Crippen LogP contribution in [0.15, 0.2) is 30.3 Å². The van der Waals surface area contributed by atoms with Crippen LogP contribution in [0.25, 0.3) is 0 Å². The fourth-order valence-corrected chi connectivity index (χ4v) is 1.34. The summed E-state index contributed by atoms with van der Waals surface area (Å²) in [5.41, 5.74) is 0.329. The summed E-state index contributed by atoms with van der Waals surface area (Å²) in [4.78, 5) is 0. The van der Waals surface area contributed by atoms with Gasteiger partial charge in [-0.2, -0.15) is 0 Å². The van der Waals surface area contributed by atoms with Crippen LogP contribution < -0.4 is 0 Å². The molecule has 2 nitrogen and oxygen atoms in total. The van der Waals surface area contributed by atoms with Crippen molar-refractivity contribution in [3.63, 3.8) is 0 Å². The molecule has 0 bridgehead atoms. The molecule has 1 aromatic rings. The molecule has 0 radical (unpaired) electrons. The van der Waals surface area contributed by atoms with Gasteiger partial charge in [0.05, 0.1) is 11.2 Å². The second kappa shape index (κ2) is 8.34. The van der Waals surface area contributed by atoms with Crippen molar-refractivity contribution < 1.29 is 10.2 Å². The van der Waals surface area contributed by atoms with Gasteiger partial charge in [0.15, 0.2) is 0 Å². The molecule has 0 fully saturated rings. The van der Waals surface area contributed by atoms with Gasteiger partial charge in [0.2, 0.25) is 0 Å². The van der Waals surface area contributed by atoms with Crippen LogP contribution in [0.3, 0.4) is 0 Å². The second-order valence-electron chi connectivity index (χ2n) is 6.00. The Hall–Kier alpha value is -0.860. The molecular formula is C17H30O2. The summed E-state index contributed by atoms with van der Waals surface area (Å²) in [5, 5.41) is 18.6. The number of benzene rings is 1. The van der Waals surface area contributed by atoms with Crippen LogP contribution in [0.2, 0.25) is 0 Å². The van der Waals surface area contributed by atoms with Gasteiger partial charge < -0.3 is 10.2 Å². The Morgan fingerprint density at radius 3 is 1.68 bits per heavy atom. The fourth-order valence-electron chi connectivity index (χ4n) is 1.34. The van der Waals surface area contributed by atoms with E-state index in [-0.39, 0.29) is 0 Å². The third-order valence-electron chi connectivity index (χ3n) is 3.39. The van der Waals surface area contributed by atoms with Crippen LogP contribution in [0, 0.1) is 0 Å². The first-order valence-electron chi connectivity index (χ1n) is 7.19. The lowest BCUT2D eigenvalue weighted by molar-refractivity contribution is 0.0521. The highest BCUT2D eigenvalue weighted by molar-refractivity contribution is 5.14. The monoisotopic (exact) mass is 266 g/mol. The van der Waals surface area contributed by atoms with Crippen LogP contribution in [0.4, 0.5) is 0 Å². The first-order chi connectivity index (χ1) is 8.70. The SMILES string of the molecule is CC(C)(O)CCc1ccccc1.CCC(C)(O)CC. The Labute approximate surface area is 118 Å². The minimum Gasteiger partial charge on any atom is -0.390 e. The third-order valence-corrected chi connectivity index (χ3v) is 3.39. The van der Waals surface area contributed by atoms with Crippen molar-refractivity contribution >= 4 is 0 Å². The molecule has 2 N–H and O–H groups in total. The van der Waals surface area contributed by atoms with E-state index in [2.05, 4.69) is 12.1 Å². The second-order valence-corrected chi connectivity index (χ2v) is 6.00. The van der Waals surface area contributed by atoms with E-state index < -0.39 is 11.2 Å². The molecule has 0 saturated heterocycles. The fraction of sp³-hybridized carbons (Fsp3) is 0.647. The molecule has 0 aliphatic carbocycles. The molecule has 110 valence electrons. The Balaban J connectivity index is 0.000000399. The van der Waals surface area contributed by atoms with Crippen molar-refractivity contribution in [3.8, 4) is 0 Å². The van der Waals surface area contributed by atoms with Gasteiger partial charge in [0.1, 0.15) is 0 Å². The maximum atomic E-state index is 9.48. The lowest BCUT2D eigenvalue weighted by Gasteiger charge is -2.17. The van der Waals surface area contributed by atoms with Crippen LogP contribution in [0.5, 0.6) is 0 Å². The zero-order valence-electron chi connectivity index (χ0n) is 13.1. The third kappa shape index (κ3) is 10.7. The molecule has 0 aliphatic heterocycles. The van der Waals surface area contributed by atoms with Gasteiger partial charge >= 0.3 is 0 Å². The number of aliphatic hydroxyl groups is 2. The molecule has 1 aromatic carbocycles. The highest BCUT2D eigenvalue weighted by Gasteiger charge is 2.12. The van der Waals surface area contributed by atoms with E-state index in [1.807, 2.05) is 52.8 Å². The summed E-state index contributed by atoms with van der Waals surface area (Å²) in [5.74, 6) is 0. The highest BCUT2D eigenvalue weighted by atomic mass is 16.3. The molecule has 0 saturated carbocycles. The maximum absolute atomic E-state index is 9.48. The zero-order valence-corrected chi connectivity index (χ0v) is 13.1. The summed E-state index contributed by atoms with van der Waals surface area (Å²) in [6.07, 6.45) is 3.47. The minimum absolute atomic E-state index is 0.417. The van der Waals surface area contributed by atoms with Crippen LogP contribution in [0.1, 0.15) is 59.4 Å². The summed E-state index contributed by atoms with van der Waals surface area (Å²) < 4.78 is 0. The molecule has 0 unspecified atom stereocenters.